The molecule has 406 valence electrons. The van der Waals surface area contributed by atoms with Crippen LogP contribution in [0.15, 0.2) is 121 Å². The van der Waals surface area contributed by atoms with Crippen LogP contribution >= 0.6 is 0 Å². The van der Waals surface area contributed by atoms with Gasteiger partial charge in [0, 0.05) is 47.7 Å². The Balaban J connectivity index is 0.000000206. The van der Waals surface area contributed by atoms with Gasteiger partial charge < -0.3 is 30.6 Å². The largest absolute Gasteiger partial charge is 0.612 e. The molecule has 4 aromatic carbocycles. The van der Waals surface area contributed by atoms with Gasteiger partial charge in [-0.2, -0.15) is 0 Å². The van der Waals surface area contributed by atoms with Gasteiger partial charge in [0.1, 0.15) is 29.3 Å². The van der Waals surface area contributed by atoms with Gasteiger partial charge in [-0.25, -0.2) is 27.7 Å². The van der Waals surface area contributed by atoms with E-state index in [-0.39, 0.29) is 28.2 Å². The fraction of sp³-hybridized carbons (Fsp3) is 0.298. The molecule has 1 atom stereocenters. The van der Waals surface area contributed by atoms with E-state index < -0.39 is 27.1 Å². The third-order valence-corrected chi connectivity index (χ3v) is 14.7. The van der Waals surface area contributed by atoms with Crippen molar-refractivity contribution in [2.45, 2.75) is 90.0 Å². The smallest absolute Gasteiger partial charge is 0.255 e. The first kappa shape index (κ1) is 56.1. The fourth-order valence-corrected chi connectivity index (χ4v) is 9.59. The number of sulfonamides is 1. The van der Waals surface area contributed by atoms with Gasteiger partial charge in [0.05, 0.1) is 54.2 Å². The number of carbonyl (C=O) groups excluding carboxylic acids is 2. The zero-order valence-electron chi connectivity index (χ0n) is 45.8. The van der Waals surface area contributed by atoms with Crippen molar-refractivity contribution in [3.63, 3.8) is 0 Å². The van der Waals surface area contributed by atoms with E-state index in [1.807, 2.05) is 89.5 Å². The molecule has 4 heterocycles. The first-order valence-electron chi connectivity index (χ1n) is 25.0. The van der Waals surface area contributed by atoms with E-state index in [2.05, 4.69) is 78.7 Å². The van der Waals surface area contributed by atoms with Gasteiger partial charge >= 0.3 is 0 Å². The third-order valence-electron chi connectivity index (χ3n) is 13.1. The lowest BCUT2D eigenvalue weighted by molar-refractivity contribution is 0.101. The minimum absolute atomic E-state index is 0.113. The molecule has 0 radical (unpaired) electrons. The number of nitrogens with one attached hydrogen (secondary N) is 3. The zero-order valence-corrected chi connectivity index (χ0v) is 47.5. The van der Waals surface area contributed by atoms with Crippen LogP contribution in [0.25, 0.3) is 33.9 Å². The van der Waals surface area contributed by atoms with Crippen molar-refractivity contribution in [2.24, 2.45) is 0 Å². The molecule has 1 unspecified atom stereocenters. The van der Waals surface area contributed by atoms with Crippen molar-refractivity contribution >= 4 is 61.7 Å². The van der Waals surface area contributed by atoms with Crippen LogP contribution in [-0.2, 0) is 32.0 Å². The fourth-order valence-electron chi connectivity index (χ4n) is 8.36. The van der Waals surface area contributed by atoms with Gasteiger partial charge in [0.2, 0.25) is 10.0 Å². The molecule has 4 aromatic heterocycles. The van der Waals surface area contributed by atoms with Gasteiger partial charge in [-0.3, -0.25) is 14.3 Å². The van der Waals surface area contributed by atoms with E-state index in [1.54, 1.807) is 76.5 Å². The quantitative estimate of drug-likeness (QED) is 0.0740. The molecule has 0 aliphatic heterocycles. The Kier molecular flexibility index (Phi) is 16.1. The van der Waals surface area contributed by atoms with Crippen LogP contribution in [0.4, 0.5) is 28.7 Å². The van der Waals surface area contributed by atoms with Crippen LogP contribution in [0.1, 0.15) is 97.4 Å². The third kappa shape index (κ3) is 13.3. The minimum Gasteiger partial charge on any atom is -0.612 e. The van der Waals surface area contributed by atoms with Crippen molar-refractivity contribution in [3.8, 4) is 39.6 Å². The molecule has 0 spiro atoms. The van der Waals surface area contributed by atoms with Crippen molar-refractivity contribution in [2.75, 3.05) is 52.7 Å². The van der Waals surface area contributed by atoms with Gasteiger partial charge in [0.15, 0.2) is 10.6 Å². The Morgan fingerprint density at radius 3 is 1.69 bits per heavy atom. The summed E-state index contributed by atoms with van der Waals surface area (Å²) >= 11 is -1.25. The number of carbonyl (C=O) groups is 2. The number of rotatable bonds is 14. The maximum Gasteiger partial charge on any atom is 0.255 e. The van der Waals surface area contributed by atoms with E-state index >= 15 is 0 Å². The van der Waals surface area contributed by atoms with E-state index in [0.717, 1.165) is 51.1 Å². The Morgan fingerprint density at radius 2 is 1.23 bits per heavy atom. The molecule has 1 aliphatic rings. The number of nitrogen functional groups attached to an aromatic ring is 1. The van der Waals surface area contributed by atoms with E-state index in [4.69, 9.17) is 10.5 Å². The Morgan fingerprint density at radius 1 is 0.718 bits per heavy atom. The molecule has 19 nitrogen and oxygen atoms in total. The molecule has 5 N–H and O–H groups in total. The summed E-state index contributed by atoms with van der Waals surface area (Å²) in [5, 5.41) is 23.0. The lowest BCUT2D eigenvalue weighted by atomic mass is 9.86. The number of hydrogen-bond acceptors (Lipinski definition) is 14. The van der Waals surface area contributed by atoms with Crippen LogP contribution in [0.3, 0.4) is 0 Å². The molecule has 0 bridgehead atoms. The highest BCUT2D eigenvalue weighted by atomic mass is 32.2. The maximum absolute atomic E-state index is 13.4. The molecular weight excluding hydrogens is 1030 g/mol. The molecular formula is C57H65N13O6S2. The average Bonchev–Trinajstić information content (AvgIpc) is 3.95. The SMILES string of the molecule is COc1c(NC(=O)c2ccc(C)c(-n3cc(-c4ccc(N)nc4)nn3)c2)cc(C(C)(C)C)cc1NS(C)(=O)=O.Cc1ccc(C(=O)Nc2cc(C(C)(C)C)ccc2[S+](C)[O-])cc1-n1cc(-c2ccc(N(C)C3CC3)nc2)nn1. The second-order valence-corrected chi connectivity index (χ2v) is 24.5. The number of hydrogen-bond donors (Lipinski definition) is 4. The highest BCUT2D eigenvalue weighted by molar-refractivity contribution is 7.92. The van der Waals surface area contributed by atoms with Crippen molar-refractivity contribution in [1.82, 2.24) is 40.0 Å². The molecule has 21 heteroatoms. The number of aromatic nitrogens is 8. The first-order valence-corrected chi connectivity index (χ1v) is 28.5. The number of methoxy groups -OCH3 is 1. The van der Waals surface area contributed by atoms with Gasteiger partial charge in [-0.1, -0.05) is 70.2 Å². The zero-order chi connectivity index (χ0) is 56.4. The highest BCUT2D eigenvalue weighted by Crippen LogP contribution is 2.40. The van der Waals surface area contributed by atoms with Crippen molar-refractivity contribution in [1.29, 1.82) is 0 Å². The Hall–Kier alpha value is -8.14. The van der Waals surface area contributed by atoms with E-state index in [9.17, 15) is 22.6 Å². The Bertz CT molecular complexity index is 3620. The molecule has 8 aromatic rings. The summed E-state index contributed by atoms with van der Waals surface area (Å²) in [7, 11) is -0.109. The van der Waals surface area contributed by atoms with Crippen LogP contribution < -0.4 is 30.7 Å². The maximum atomic E-state index is 13.4. The summed E-state index contributed by atoms with van der Waals surface area (Å²) in [6.07, 6.45) is 12.1. The summed E-state index contributed by atoms with van der Waals surface area (Å²) in [5.74, 6) is 0.867. The molecule has 78 heavy (non-hydrogen) atoms. The lowest BCUT2D eigenvalue weighted by Crippen LogP contribution is -2.20. The summed E-state index contributed by atoms with van der Waals surface area (Å²) in [6, 6.07) is 28.0. The van der Waals surface area contributed by atoms with E-state index in [1.165, 1.54) is 20.0 Å². The highest BCUT2D eigenvalue weighted by Gasteiger charge is 2.28. The molecule has 1 fully saturated rings. The second kappa shape index (κ2) is 22.4. The summed E-state index contributed by atoms with van der Waals surface area (Å²) in [6.45, 7) is 16.2. The molecule has 1 saturated carbocycles. The van der Waals surface area contributed by atoms with Gasteiger partial charge in [-0.15, -0.1) is 10.2 Å². The van der Waals surface area contributed by atoms with Gasteiger partial charge in [0.25, 0.3) is 11.8 Å². The van der Waals surface area contributed by atoms with E-state index in [0.29, 0.717) is 56.3 Å². The molecule has 0 saturated heterocycles. The van der Waals surface area contributed by atoms with Crippen LogP contribution in [0.2, 0.25) is 0 Å². The minimum atomic E-state index is -3.60. The standard InChI is InChI=1S/C30H34N6O2S.C27H31N7O4S/c1-19-7-8-20(29(37)32-24-16-22(30(2,3)4)10-13-27(24)39(6)38)15-26(19)36-18-25(33-34-36)21-9-14-28(31-17-21)35(5)23-11-12-23;1-16-7-8-17(11-23(16)34-15-22(31-33-34)18-9-10-24(28)29-14-18)26(35)30-20-12-19(27(2,3)4)13-21(25(20)38-5)32-39(6,36)37/h7-10,13-18,23H,11-12H2,1-6H3,(H,32,37);7-15,32H,1-6H3,(H2,28,29)(H,30,35). The van der Waals surface area contributed by atoms with Crippen molar-refractivity contribution < 1.29 is 27.3 Å². The number of aryl methyl sites for hydroxylation is 2. The Labute approximate surface area is 458 Å². The van der Waals surface area contributed by atoms with Gasteiger partial charge in [-0.05, 0) is 144 Å². The first-order chi connectivity index (χ1) is 36.8. The summed E-state index contributed by atoms with van der Waals surface area (Å²) < 4.78 is 47.7. The topological polar surface area (TPSA) is 253 Å². The molecule has 9 rings (SSSR count). The molecule has 2 amide bonds. The summed E-state index contributed by atoms with van der Waals surface area (Å²) in [5.41, 5.74) is 15.2. The number of nitrogens with two attached hydrogens (primary N) is 1. The van der Waals surface area contributed by atoms with Crippen molar-refractivity contribution in [3.05, 3.63) is 149 Å². The summed E-state index contributed by atoms with van der Waals surface area (Å²) in [4.78, 5) is 38.3. The number of amides is 2. The normalized spacial score (nSPS) is 13.0. The number of pyridine rings is 2. The number of anilines is 5. The predicted octanol–water partition coefficient (Wildman–Crippen LogP) is 9.67. The number of nitrogens with zero attached hydrogens (tertiary/aromatic N) is 9. The monoisotopic (exact) mass is 1090 g/mol. The van der Waals surface area contributed by atoms with Crippen LogP contribution in [0.5, 0.6) is 5.75 Å². The van der Waals surface area contributed by atoms with Crippen LogP contribution in [0, 0.1) is 13.8 Å². The number of benzene rings is 4. The lowest BCUT2D eigenvalue weighted by Gasteiger charge is -2.24. The number of ether oxygens (including phenoxy) is 1. The molecule has 1 aliphatic carbocycles. The van der Waals surface area contributed by atoms with Crippen LogP contribution in [-0.4, -0.2) is 97.5 Å². The predicted molar refractivity (Wildman–Crippen MR) is 308 cm³/mol. The average molecular weight is 1090 g/mol. The second-order valence-electron chi connectivity index (χ2n) is 21.4.